The maximum atomic E-state index is 11.8. The molecule has 1 aliphatic rings. The van der Waals surface area contributed by atoms with Gasteiger partial charge in [0.25, 0.3) is 6.43 Å². The first kappa shape index (κ1) is 10.8. The number of hydrogen-bond acceptors (Lipinski definition) is 3. The zero-order chi connectivity index (χ0) is 9.84. The molecule has 5 heteroatoms. The molecule has 0 bridgehead atoms. The van der Waals surface area contributed by atoms with Crippen molar-refractivity contribution in [1.82, 2.24) is 5.32 Å². The monoisotopic (exact) mass is 195 g/mol. The Morgan fingerprint density at radius 1 is 1.54 bits per heavy atom. The summed E-state index contributed by atoms with van der Waals surface area (Å²) >= 11 is 0. The smallest absolute Gasteiger partial charge is 0.265 e. The average molecular weight is 195 g/mol. The predicted octanol–water partition coefficient (Wildman–Crippen LogP) is 0.379. The Morgan fingerprint density at radius 3 is 2.62 bits per heavy atom. The van der Waals surface area contributed by atoms with E-state index in [2.05, 4.69) is 5.32 Å². The van der Waals surface area contributed by atoms with E-state index in [0.29, 0.717) is 0 Å². The number of aliphatic hydroxyl groups is 1. The molecule has 13 heavy (non-hydrogen) atoms. The molecule has 1 fully saturated rings. The molecule has 78 valence electrons. The van der Waals surface area contributed by atoms with E-state index in [0.717, 1.165) is 12.8 Å². The van der Waals surface area contributed by atoms with Gasteiger partial charge in [-0.2, -0.15) is 0 Å². The molecule has 2 N–H and O–H groups in total. The summed E-state index contributed by atoms with van der Waals surface area (Å²) in [7, 11) is 1.63. The number of hydrogen-bond donors (Lipinski definition) is 2. The molecule has 0 saturated heterocycles. The second kappa shape index (κ2) is 4.83. The van der Waals surface area contributed by atoms with Crippen LogP contribution in [0.2, 0.25) is 0 Å². The van der Waals surface area contributed by atoms with E-state index in [9.17, 15) is 8.78 Å². The van der Waals surface area contributed by atoms with Gasteiger partial charge in [0.1, 0.15) is 6.10 Å². The Labute approximate surface area is 76.1 Å². The number of rotatable bonds is 5. The standard InChI is InChI=1S/C8H15F2NO2/c1-13-6-2-5(3-6)11-4-7(12)8(9)10/h5-8,11-12H,2-4H2,1H3. The topological polar surface area (TPSA) is 41.5 Å². The maximum absolute atomic E-state index is 11.8. The van der Waals surface area contributed by atoms with Gasteiger partial charge in [0.05, 0.1) is 6.10 Å². The van der Waals surface area contributed by atoms with Gasteiger partial charge in [0.15, 0.2) is 0 Å². The summed E-state index contributed by atoms with van der Waals surface area (Å²) in [5.41, 5.74) is 0. The quantitative estimate of drug-likeness (QED) is 0.666. The van der Waals surface area contributed by atoms with Crippen LogP contribution in [0.1, 0.15) is 12.8 Å². The van der Waals surface area contributed by atoms with Crippen LogP contribution in [0.15, 0.2) is 0 Å². The van der Waals surface area contributed by atoms with E-state index in [-0.39, 0.29) is 18.7 Å². The summed E-state index contributed by atoms with van der Waals surface area (Å²) in [6.45, 7) is -0.0429. The predicted molar refractivity (Wildman–Crippen MR) is 43.8 cm³/mol. The molecular weight excluding hydrogens is 180 g/mol. The third-order valence-corrected chi connectivity index (χ3v) is 2.33. The van der Waals surface area contributed by atoms with Crippen molar-refractivity contribution < 1.29 is 18.6 Å². The minimum Gasteiger partial charge on any atom is -0.386 e. The molecule has 0 heterocycles. The second-order valence-corrected chi connectivity index (χ2v) is 3.34. The highest BCUT2D eigenvalue weighted by atomic mass is 19.3. The third-order valence-electron chi connectivity index (χ3n) is 2.33. The summed E-state index contributed by atoms with van der Waals surface area (Å²) in [5.74, 6) is 0. The molecule has 1 unspecified atom stereocenters. The van der Waals surface area contributed by atoms with Gasteiger partial charge in [-0.15, -0.1) is 0 Å². The van der Waals surface area contributed by atoms with Crippen LogP contribution in [0.4, 0.5) is 8.78 Å². The van der Waals surface area contributed by atoms with E-state index in [4.69, 9.17) is 9.84 Å². The Kier molecular flexibility index (Phi) is 4.02. The lowest BCUT2D eigenvalue weighted by atomic mass is 9.89. The molecular formula is C8H15F2NO2. The van der Waals surface area contributed by atoms with Crippen LogP contribution in [-0.2, 0) is 4.74 Å². The van der Waals surface area contributed by atoms with Gasteiger partial charge in [0, 0.05) is 19.7 Å². The Bertz CT molecular complexity index is 151. The van der Waals surface area contributed by atoms with Crippen LogP contribution in [0.5, 0.6) is 0 Å². The van der Waals surface area contributed by atoms with E-state index in [1.165, 1.54) is 0 Å². The van der Waals surface area contributed by atoms with Crippen LogP contribution < -0.4 is 5.32 Å². The van der Waals surface area contributed by atoms with Gasteiger partial charge in [-0.1, -0.05) is 0 Å². The van der Waals surface area contributed by atoms with Crippen molar-refractivity contribution in [3.8, 4) is 0 Å². The Morgan fingerprint density at radius 2 is 2.15 bits per heavy atom. The third kappa shape index (κ3) is 3.17. The second-order valence-electron chi connectivity index (χ2n) is 3.34. The molecule has 0 aromatic heterocycles. The van der Waals surface area contributed by atoms with E-state index in [1.54, 1.807) is 7.11 Å². The van der Waals surface area contributed by atoms with E-state index >= 15 is 0 Å². The summed E-state index contributed by atoms with van der Waals surface area (Å²) in [6, 6.07) is 0.221. The number of methoxy groups -OCH3 is 1. The van der Waals surface area contributed by atoms with Gasteiger partial charge < -0.3 is 15.2 Å². The van der Waals surface area contributed by atoms with Crippen molar-refractivity contribution in [2.45, 2.75) is 37.5 Å². The van der Waals surface area contributed by atoms with Crippen molar-refractivity contribution in [2.24, 2.45) is 0 Å². The number of halogens is 2. The lowest BCUT2D eigenvalue weighted by Gasteiger charge is -2.35. The summed E-state index contributed by atoms with van der Waals surface area (Å²) in [4.78, 5) is 0. The van der Waals surface area contributed by atoms with Gasteiger partial charge in [-0.05, 0) is 12.8 Å². The van der Waals surface area contributed by atoms with Crippen molar-refractivity contribution in [3.63, 3.8) is 0 Å². The first-order chi connectivity index (χ1) is 6.13. The van der Waals surface area contributed by atoms with Crippen molar-refractivity contribution in [2.75, 3.05) is 13.7 Å². The number of nitrogens with one attached hydrogen (secondary N) is 1. The van der Waals surface area contributed by atoms with Gasteiger partial charge in [0.2, 0.25) is 0 Å². The number of ether oxygens (including phenoxy) is 1. The average Bonchev–Trinajstić information content (AvgIpc) is 2.01. The van der Waals surface area contributed by atoms with E-state index in [1.807, 2.05) is 0 Å². The first-order valence-corrected chi connectivity index (χ1v) is 4.36. The minimum atomic E-state index is -2.66. The summed E-state index contributed by atoms with van der Waals surface area (Å²) < 4.78 is 28.7. The zero-order valence-electron chi connectivity index (χ0n) is 7.54. The molecule has 0 aromatic carbocycles. The largest absolute Gasteiger partial charge is 0.386 e. The lowest BCUT2D eigenvalue weighted by Crippen LogP contribution is -2.48. The van der Waals surface area contributed by atoms with Crippen molar-refractivity contribution in [3.05, 3.63) is 0 Å². The minimum absolute atomic E-state index is 0.0429. The van der Waals surface area contributed by atoms with Gasteiger partial charge >= 0.3 is 0 Å². The summed E-state index contributed by atoms with van der Waals surface area (Å²) in [5, 5.41) is 11.6. The highest BCUT2D eigenvalue weighted by molar-refractivity contribution is 4.86. The lowest BCUT2D eigenvalue weighted by molar-refractivity contribution is -0.0174. The molecule has 1 aliphatic carbocycles. The molecule has 0 aromatic rings. The van der Waals surface area contributed by atoms with Gasteiger partial charge in [-0.25, -0.2) is 8.78 Å². The van der Waals surface area contributed by atoms with Crippen molar-refractivity contribution >= 4 is 0 Å². The molecule has 0 spiro atoms. The van der Waals surface area contributed by atoms with Crippen molar-refractivity contribution in [1.29, 1.82) is 0 Å². The molecule has 0 amide bonds. The fourth-order valence-corrected chi connectivity index (χ4v) is 1.30. The highest BCUT2D eigenvalue weighted by Gasteiger charge is 2.29. The van der Waals surface area contributed by atoms with Crippen LogP contribution in [0.3, 0.4) is 0 Å². The summed E-state index contributed by atoms with van der Waals surface area (Å²) in [6.07, 6.45) is -2.28. The highest BCUT2D eigenvalue weighted by Crippen LogP contribution is 2.22. The fraction of sp³-hybridized carbons (Fsp3) is 1.00. The van der Waals surface area contributed by atoms with Crippen LogP contribution in [0.25, 0.3) is 0 Å². The first-order valence-electron chi connectivity index (χ1n) is 4.36. The SMILES string of the molecule is COC1CC(NCC(O)C(F)F)C1. The molecule has 1 rings (SSSR count). The van der Waals surface area contributed by atoms with Crippen LogP contribution in [-0.4, -0.2) is 43.4 Å². The Balaban J connectivity index is 2.02. The molecule has 3 nitrogen and oxygen atoms in total. The van der Waals surface area contributed by atoms with Crippen LogP contribution >= 0.6 is 0 Å². The van der Waals surface area contributed by atoms with Crippen LogP contribution in [0, 0.1) is 0 Å². The zero-order valence-corrected chi connectivity index (χ0v) is 7.54. The molecule has 1 saturated carbocycles. The number of alkyl halides is 2. The number of aliphatic hydroxyl groups excluding tert-OH is 1. The normalized spacial score (nSPS) is 30.2. The fourth-order valence-electron chi connectivity index (χ4n) is 1.30. The van der Waals surface area contributed by atoms with E-state index < -0.39 is 12.5 Å². The molecule has 0 aliphatic heterocycles. The Hall–Kier alpha value is -0.260. The van der Waals surface area contributed by atoms with Gasteiger partial charge in [-0.3, -0.25) is 0 Å². The maximum Gasteiger partial charge on any atom is 0.265 e. The molecule has 0 radical (unpaired) electrons. The molecule has 1 atom stereocenters.